The summed E-state index contributed by atoms with van der Waals surface area (Å²) in [7, 11) is 2.98. The molecule has 1 aromatic rings. The van der Waals surface area contributed by atoms with Crippen molar-refractivity contribution in [3.63, 3.8) is 0 Å². The number of hydrogen-bond donors (Lipinski definition) is 1. The highest BCUT2D eigenvalue weighted by Gasteiger charge is 2.13. The molecule has 1 atom stereocenters. The number of carbonyl (C=O) groups is 1. The minimum Gasteiger partial charge on any atom is -0.497 e. The van der Waals surface area contributed by atoms with E-state index in [1.165, 1.54) is 7.11 Å². The standard InChI is InChI=1S/C12H17NO3S.ClH/c1-15-10-5-3-4-9(6-10)7-17-8-11(13)12(14)16-2;/h3-6,11H,7-8,13H2,1-2H3;1H/t11-;/m1./s1. The summed E-state index contributed by atoms with van der Waals surface area (Å²) in [5, 5.41) is 0. The van der Waals surface area contributed by atoms with Crippen LogP contribution in [0.5, 0.6) is 5.75 Å². The Morgan fingerprint density at radius 1 is 1.44 bits per heavy atom. The van der Waals surface area contributed by atoms with Crippen LogP contribution in [0.2, 0.25) is 0 Å². The molecule has 6 heteroatoms. The molecule has 1 rings (SSSR count). The van der Waals surface area contributed by atoms with Gasteiger partial charge in [-0.15, -0.1) is 12.4 Å². The molecular weight excluding hydrogens is 274 g/mol. The van der Waals surface area contributed by atoms with Gasteiger partial charge in [0.2, 0.25) is 0 Å². The summed E-state index contributed by atoms with van der Waals surface area (Å²) in [4.78, 5) is 11.1. The second-order valence-electron chi connectivity index (χ2n) is 3.50. The SMILES string of the molecule is COC(=O)[C@H](N)CSCc1cccc(OC)c1.Cl. The number of hydrogen-bond acceptors (Lipinski definition) is 5. The van der Waals surface area contributed by atoms with Gasteiger partial charge in [-0.05, 0) is 17.7 Å². The number of halogens is 1. The first-order valence-electron chi connectivity index (χ1n) is 5.21. The van der Waals surface area contributed by atoms with Gasteiger partial charge in [0.05, 0.1) is 14.2 Å². The second-order valence-corrected chi connectivity index (χ2v) is 4.53. The Kier molecular flexibility index (Phi) is 8.62. The monoisotopic (exact) mass is 291 g/mol. The Balaban J connectivity index is 0.00000289. The van der Waals surface area contributed by atoms with Crippen molar-refractivity contribution < 1.29 is 14.3 Å². The van der Waals surface area contributed by atoms with Crippen LogP contribution in [0.1, 0.15) is 5.56 Å². The number of ether oxygens (including phenoxy) is 2. The number of esters is 1. The zero-order chi connectivity index (χ0) is 12.7. The van der Waals surface area contributed by atoms with E-state index in [4.69, 9.17) is 10.5 Å². The third kappa shape index (κ3) is 5.62. The fourth-order valence-electron chi connectivity index (χ4n) is 1.29. The van der Waals surface area contributed by atoms with Crippen LogP contribution in [0.3, 0.4) is 0 Å². The molecule has 0 spiro atoms. The lowest BCUT2D eigenvalue weighted by Gasteiger charge is -2.09. The van der Waals surface area contributed by atoms with Crippen LogP contribution in [0.4, 0.5) is 0 Å². The minimum atomic E-state index is -0.560. The number of methoxy groups -OCH3 is 2. The van der Waals surface area contributed by atoms with Gasteiger partial charge in [0.1, 0.15) is 11.8 Å². The number of benzene rings is 1. The maximum Gasteiger partial charge on any atom is 0.323 e. The summed E-state index contributed by atoms with van der Waals surface area (Å²) in [6.45, 7) is 0. The van der Waals surface area contributed by atoms with E-state index in [2.05, 4.69) is 4.74 Å². The van der Waals surface area contributed by atoms with Crippen LogP contribution in [0.25, 0.3) is 0 Å². The van der Waals surface area contributed by atoms with Crippen molar-refractivity contribution in [1.29, 1.82) is 0 Å². The summed E-state index contributed by atoms with van der Waals surface area (Å²) in [6, 6.07) is 7.26. The number of thioether (sulfide) groups is 1. The van der Waals surface area contributed by atoms with E-state index in [1.807, 2.05) is 24.3 Å². The summed E-state index contributed by atoms with van der Waals surface area (Å²) < 4.78 is 9.68. The molecule has 0 saturated heterocycles. The van der Waals surface area contributed by atoms with Gasteiger partial charge in [0.25, 0.3) is 0 Å². The van der Waals surface area contributed by atoms with Gasteiger partial charge in [0, 0.05) is 11.5 Å². The number of rotatable bonds is 6. The van der Waals surface area contributed by atoms with E-state index in [0.717, 1.165) is 17.1 Å². The van der Waals surface area contributed by atoms with Crippen LogP contribution >= 0.6 is 24.2 Å². The topological polar surface area (TPSA) is 61.5 Å². The second kappa shape index (κ2) is 9.08. The predicted molar refractivity (Wildman–Crippen MR) is 76.4 cm³/mol. The normalized spacial score (nSPS) is 11.3. The summed E-state index contributed by atoms with van der Waals surface area (Å²) in [5.74, 6) is 1.80. The molecule has 2 N–H and O–H groups in total. The molecule has 0 radical (unpaired) electrons. The van der Waals surface area contributed by atoms with Gasteiger partial charge < -0.3 is 15.2 Å². The maximum absolute atomic E-state index is 11.1. The average molecular weight is 292 g/mol. The smallest absolute Gasteiger partial charge is 0.323 e. The quantitative estimate of drug-likeness (QED) is 0.811. The van der Waals surface area contributed by atoms with Gasteiger partial charge in [0.15, 0.2) is 0 Å². The van der Waals surface area contributed by atoms with E-state index >= 15 is 0 Å². The molecule has 0 fully saturated rings. The molecule has 0 bridgehead atoms. The van der Waals surface area contributed by atoms with Crippen molar-refractivity contribution in [2.45, 2.75) is 11.8 Å². The van der Waals surface area contributed by atoms with Gasteiger partial charge in [-0.2, -0.15) is 11.8 Å². The Morgan fingerprint density at radius 3 is 2.78 bits per heavy atom. The molecule has 1 aromatic carbocycles. The van der Waals surface area contributed by atoms with E-state index in [0.29, 0.717) is 5.75 Å². The third-order valence-electron chi connectivity index (χ3n) is 2.20. The highest BCUT2D eigenvalue weighted by Crippen LogP contribution is 2.18. The minimum absolute atomic E-state index is 0. The Morgan fingerprint density at radius 2 is 2.17 bits per heavy atom. The zero-order valence-corrected chi connectivity index (χ0v) is 12.1. The maximum atomic E-state index is 11.1. The number of carbonyl (C=O) groups excluding carboxylic acids is 1. The molecular formula is C12H18ClNO3S. The van der Waals surface area contributed by atoms with Crippen LogP contribution in [0, 0.1) is 0 Å². The molecule has 0 heterocycles. The molecule has 0 aliphatic carbocycles. The first kappa shape index (κ1) is 17.1. The van der Waals surface area contributed by atoms with Crippen molar-refractivity contribution in [3.05, 3.63) is 29.8 Å². The first-order valence-corrected chi connectivity index (χ1v) is 6.37. The predicted octanol–water partition coefficient (Wildman–Crippen LogP) is 1.85. The molecule has 4 nitrogen and oxygen atoms in total. The van der Waals surface area contributed by atoms with Crippen molar-refractivity contribution in [1.82, 2.24) is 0 Å². The lowest BCUT2D eigenvalue weighted by Crippen LogP contribution is -2.33. The molecule has 102 valence electrons. The largest absolute Gasteiger partial charge is 0.497 e. The molecule has 0 aliphatic heterocycles. The number of nitrogens with two attached hydrogens (primary N) is 1. The Hall–Kier alpha value is -0.910. The van der Waals surface area contributed by atoms with Crippen molar-refractivity contribution >= 4 is 30.1 Å². The Labute approximate surface area is 118 Å². The zero-order valence-electron chi connectivity index (χ0n) is 10.4. The lowest BCUT2D eigenvalue weighted by molar-refractivity contribution is -0.141. The first-order chi connectivity index (χ1) is 8.17. The molecule has 0 amide bonds. The van der Waals surface area contributed by atoms with Crippen LogP contribution in [-0.4, -0.2) is 32.0 Å². The molecule has 0 aromatic heterocycles. The van der Waals surface area contributed by atoms with Crippen molar-refractivity contribution in [3.8, 4) is 5.75 Å². The van der Waals surface area contributed by atoms with Gasteiger partial charge in [-0.1, -0.05) is 12.1 Å². The molecule has 0 unspecified atom stereocenters. The van der Waals surface area contributed by atoms with E-state index in [9.17, 15) is 4.79 Å². The molecule has 0 aliphatic rings. The lowest BCUT2D eigenvalue weighted by atomic mass is 10.2. The van der Waals surface area contributed by atoms with Crippen LogP contribution < -0.4 is 10.5 Å². The molecule has 18 heavy (non-hydrogen) atoms. The van der Waals surface area contributed by atoms with Crippen LogP contribution in [-0.2, 0) is 15.3 Å². The highest BCUT2D eigenvalue weighted by molar-refractivity contribution is 7.98. The fourth-order valence-corrected chi connectivity index (χ4v) is 2.21. The summed E-state index contributed by atoms with van der Waals surface area (Å²) >= 11 is 1.60. The van der Waals surface area contributed by atoms with Gasteiger partial charge >= 0.3 is 5.97 Å². The van der Waals surface area contributed by atoms with E-state index in [1.54, 1.807) is 18.9 Å². The van der Waals surface area contributed by atoms with Crippen LogP contribution in [0.15, 0.2) is 24.3 Å². The van der Waals surface area contributed by atoms with E-state index in [-0.39, 0.29) is 18.4 Å². The fraction of sp³-hybridized carbons (Fsp3) is 0.417. The van der Waals surface area contributed by atoms with Crippen molar-refractivity contribution in [2.24, 2.45) is 5.73 Å². The summed E-state index contributed by atoms with van der Waals surface area (Å²) in [5.41, 5.74) is 6.77. The summed E-state index contributed by atoms with van der Waals surface area (Å²) in [6.07, 6.45) is 0. The van der Waals surface area contributed by atoms with Gasteiger partial charge in [-0.25, -0.2) is 0 Å². The van der Waals surface area contributed by atoms with Crippen molar-refractivity contribution in [2.75, 3.05) is 20.0 Å². The average Bonchev–Trinajstić information content (AvgIpc) is 2.37. The van der Waals surface area contributed by atoms with Gasteiger partial charge in [-0.3, -0.25) is 4.79 Å². The van der Waals surface area contributed by atoms with E-state index < -0.39 is 6.04 Å². The highest BCUT2D eigenvalue weighted by atomic mass is 35.5. The third-order valence-corrected chi connectivity index (χ3v) is 3.34. The Bertz CT molecular complexity index is 376. The molecule has 0 saturated carbocycles.